The zero-order valence-corrected chi connectivity index (χ0v) is 21.5. The van der Waals surface area contributed by atoms with Crippen LogP contribution in [0.15, 0.2) is 46.5 Å². The summed E-state index contributed by atoms with van der Waals surface area (Å²) in [7, 11) is 3.13. The number of hydrogen-bond acceptors (Lipinski definition) is 6. The van der Waals surface area contributed by atoms with Crippen LogP contribution in [0, 0.1) is 26.7 Å². The number of methoxy groups -OCH3 is 1. The van der Waals surface area contributed by atoms with Gasteiger partial charge in [-0.25, -0.2) is 4.79 Å². The molecule has 188 valence electrons. The highest BCUT2D eigenvalue weighted by Gasteiger charge is 2.38. The van der Waals surface area contributed by atoms with Crippen molar-refractivity contribution >= 4 is 5.70 Å². The molecule has 3 aromatic rings. The molecule has 0 amide bonds. The van der Waals surface area contributed by atoms with E-state index in [9.17, 15) is 9.59 Å². The van der Waals surface area contributed by atoms with E-state index in [-0.39, 0.29) is 5.69 Å². The molecule has 1 aliphatic heterocycles. The van der Waals surface area contributed by atoms with Gasteiger partial charge in [0.05, 0.1) is 12.8 Å². The third-order valence-corrected chi connectivity index (χ3v) is 7.48. The molecule has 0 N–H and O–H groups in total. The molecule has 8 nitrogen and oxygen atoms in total. The minimum absolute atomic E-state index is 0.255. The monoisotopic (exact) mass is 488 g/mol. The summed E-state index contributed by atoms with van der Waals surface area (Å²) in [5.41, 5.74) is 3.54. The average Bonchev–Trinajstić information content (AvgIpc) is 3.50. The van der Waals surface area contributed by atoms with E-state index in [1.807, 2.05) is 44.2 Å². The van der Waals surface area contributed by atoms with Gasteiger partial charge in [-0.2, -0.15) is 9.78 Å². The van der Waals surface area contributed by atoms with Crippen LogP contribution in [0.2, 0.25) is 0 Å². The largest absolute Gasteiger partial charge is 0.496 e. The van der Waals surface area contributed by atoms with Crippen molar-refractivity contribution in [2.75, 3.05) is 13.7 Å². The van der Waals surface area contributed by atoms with Crippen LogP contribution in [-0.2, 0) is 7.05 Å². The van der Waals surface area contributed by atoms with Crippen molar-refractivity contribution in [1.82, 2.24) is 19.2 Å². The number of aromatic nitrogens is 3. The summed E-state index contributed by atoms with van der Waals surface area (Å²) >= 11 is 0. The maximum atomic E-state index is 12.7. The van der Waals surface area contributed by atoms with E-state index >= 15 is 0 Å². The van der Waals surface area contributed by atoms with Crippen LogP contribution in [-0.4, -0.2) is 38.9 Å². The first-order chi connectivity index (χ1) is 17.2. The second kappa shape index (κ2) is 9.00. The lowest BCUT2D eigenvalue weighted by molar-refractivity contribution is 0.309. The van der Waals surface area contributed by atoms with Crippen LogP contribution in [0.3, 0.4) is 0 Å². The molecular weight excluding hydrogens is 456 g/mol. The Bertz CT molecular complexity index is 1460. The maximum Gasteiger partial charge on any atom is 0.351 e. The molecule has 2 atom stereocenters. The van der Waals surface area contributed by atoms with Gasteiger partial charge in [-0.05, 0) is 87.4 Å². The van der Waals surface area contributed by atoms with Crippen molar-refractivity contribution in [3.05, 3.63) is 80.1 Å². The molecule has 1 saturated carbocycles. The van der Waals surface area contributed by atoms with E-state index in [2.05, 4.69) is 16.6 Å². The smallest absolute Gasteiger partial charge is 0.351 e. The molecule has 1 aliphatic carbocycles. The molecule has 0 spiro atoms. The zero-order chi connectivity index (χ0) is 25.7. The number of likely N-dealkylation sites (tertiary alicyclic amines) is 1. The van der Waals surface area contributed by atoms with E-state index in [4.69, 9.17) is 9.47 Å². The first-order valence-electron chi connectivity index (χ1n) is 12.3. The Morgan fingerprint density at radius 2 is 1.81 bits per heavy atom. The molecule has 36 heavy (non-hydrogen) atoms. The summed E-state index contributed by atoms with van der Waals surface area (Å²) in [6.45, 7) is 10.9. The summed E-state index contributed by atoms with van der Waals surface area (Å²) in [6.07, 6.45) is 3.78. The fourth-order valence-corrected chi connectivity index (χ4v) is 5.59. The van der Waals surface area contributed by atoms with Gasteiger partial charge < -0.3 is 14.4 Å². The Balaban J connectivity index is 1.47. The quantitative estimate of drug-likeness (QED) is 0.520. The highest BCUT2D eigenvalue weighted by molar-refractivity contribution is 5.70. The number of piperidine rings is 1. The fourth-order valence-electron chi connectivity index (χ4n) is 5.59. The number of ether oxygens (including phenoxy) is 2. The normalized spacial score (nSPS) is 18.5. The molecular formula is C28H32N4O4. The first-order valence-corrected chi connectivity index (χ1v) is 12.3. The molecule has 2 bridgehead atoms. The summed E-state index contributed by atoms with van der Waals surface area (Å²) in [6, 6.07) is 10.0. The summed E-state index contributed by atoms with van der Waals surface area (Å²) < 4.78 is 14.3. The fraction of sp³-hybridized carbons (Fsp3) is 0.393. The summed E-state index contributed by atoms with van der Waals surface area (Å²) in [5, 5.41) is 4.20. The molecule has 8 heteroatoms. The summed E-state index contributed by atoms with van der Waals surface area (Å²) in [5.74, 6) is 2.92. The van der Waals surface area contributed by atoms with E-state index < -0.39 is 11.2 Å². The van der Waals surface area contributed by atoms with Crippen LogP contribution < -0.4 is 20.7 Å². The van der Waals surface area contributed by atoms with Gasteiger partial charge >= 0.3 is 5.69 Å². The average molecular weight is 489 g/mol. The number of nitrogens with zero attached hydrogens (tertiary/aromatic N) is 4. The molecule has 2 aromatic carbocycles. The third-order valence-electron chi connectivity index (χ3n) is 7.48. The molecule has 1 aromatic heterocycles. The summed E-state index contributed by atoms with van der Waals surface area (Å²) in [4.78, 5) is 27.1. The number of hydrogen-bond donors (Lipinski definition) is 0. The van der Waals surface area contributed by atoms with Crippen LogP contribution in [0.5, 0.6) is 17.2 Å². The van der Waals surface area contributed by atoms with Gasteiger partial charge in [0, 0.05) is 30.9 Å². The van der Waals surface area contributed by atoms with Gasteiger partial charge in [0.15, 0.2) is 0 Å². The SMILES string of the molecule is C=C(c1cc(Oc2c(C)cc(-n3nc(C)c(=O)n(C)c3=O)cc2C)ccc1OC)N1CC2CCC1C2. The minimum atomic E-state index is -0.494. The van der Waals surface area contributed by atoms with Gasteiger partial charge in [-0.1, -0.05) is 6.58 Å². The number of aryl methyl sites for hydroxylation is 3. The topological polar surface area (TPSA) is 78.6 Å². The second-order valence-corrected chi connectivity index (χ2v) is 9.95. The molecule has 5 rings (SSSR count). The predicted molar refractivity (Wildman–Crippen MR) is 139 cm³/mol. The standard InChI is InChI=1S/C28H32N4O4/c1-16-11-22(32-28(34)30(5)27(33)18(3)29-32)12-17(2)26(16)36-23-9-10-25(35-6)24(14-23)19(4)31-15-20-7-8-21(31)13-20/h9-12,14,20-21H,4,7-8,13,15H2,1-3,5-6H3. The predicted octanol–water partition coefficient (Wildman–Crippen LogP) is 4.11. The van der Waals surface area contributed by atoms with Gasteiger partial charge in [-0.3, -0.25) is 9.36 Å². The Kier molecular flexibility index (Phi) is 5.98. The third kappa shape index (κ3) is 4.00. The lowest BCUT2D eigenvalue weighted by Crippen LogP contribution is -2.40. The van der Waals surface area contributed by atoms with Crippen LogP contribution in [0.1, 0.15) is 41.6 Å². The van der Waals surface area contributed by atoms with Crippen molar-refractivity contribution in [2.45, 2.75) is 46.1 Å². The van der Waals surface area contributed by atoms with Crippen LogP contribution in [0.25, 0.3) is 11.4 Å². The number of rotatable bonds is 6. The Hall–Kier alpha value is -3.81. The van der Waals surface area contributed by atoms with E-state index in [1.54, 1.807) is 14.0 Å². The maximum absolute atomic E-state index is 12.7. The molecule has 0 radical (unpaired) electrons. The van der Waals surface area contributed by atoms with Gasteiger partial charge in [-0.15, -0.1) is 0 Å². The molecule has 2 heterocycles. The van der Waals surface area contributed by atoms with Gasteiger partial charge in [0.1, 0.15) is 22.9 Å². The lowest BCUT2D eigenvalue weighted by Gasteiger charge is -2.31. The van der Waals surface area contributed by atoms with E-state index in [0.29, 0.717) is 23.2 Å². The first kappa shape index (κ1) is 23.9. The second-order valence-electron chi connectivity index (χ2n) is 9.95. The van der Waals surface area contributed by atoms with Gasteiger partial charge in [0.2, 0.25) is 0 Å². The lowest BCUT2D eigenvalue weighted by atomic mass is 10.1. The Labute approximate surface area is 210 Å². The van der Waals surface area contributed by atoms with Crippen molar-refractivity contribution in [1.29, 1.82) is 0 Å². The highest BCUT2D eigenvalue weighted by atomic mass is 16.5. The van der Waals surface area contributed by atoms with Gasteiger partial charge in [0.25, 0.3) is 5.56 Å². The van der Waals surface area contributed by atoms with Crippen LogP contribution in [0.4, 0.5) is 0 Å². The molecule has 2 unspecified atom stereocenters. The number of fused-ring (bicyclic) bond motifs is 2. The Morgan fingerprint density at radius 3 is 2.42 bits per heavy atom. The van der Waals surface area contributed by atoms with Crippen molar-refractivity contribution < 1.29 is 9.47 Å². The molecule has 2 fully saturated rings. The minimum Gasteiger partial charge on any atom is -0.496 e. The molecule has 2 aliphatic rings. The highest BCUT2D eigenvalue weighted by Crippen LogP contribution is 2.43. The van der Waals surface area contributed by atoms with Crippen molar-refractivity contribution in [3.63, 3.8) is 0 Å². The van der Waals surface area contributed by atoms with E-state index in [1.165, 1.54) is 31.0 Å². The van der Waals surface area contributed by atoms with E-state index in [0.717, 1.165) is 45.2 Å². The van der Waals surface area contributed by atoms with Crippen LogP contribution >= 0.6 is 0 Å². The Morgan fingerprint density at radius 1 is 1.08 bits per heavy atom. The molecule has 1 saturated heterocycles. The van der Waals surface area contributed by atoms with Crippen molar-refractivity contribution in [2.24, 2.45) is 13.0 Å². The van der Waals surface area contributed by atoms with Crippen molar-refractivity contribution in [3.8, 4) is 22.9 Å². The number of benzene rings is 2. The zero-order valence-electron chi connectivity index (χ0n) is 21.5.